The molecule has 0 radical (unpaired) electrons. The Morgan fingerprint density at radius 1 is 1.11 bits per heavy atom. The molecule has 1 aliphatic rings. The maximum atomic E-state index is 12.5. The molecule has 1 aromatic rings. The van der Waals surface area contributed by atoms with E-state index >= 15 is 0 Å². The number of esters is 1. The third-order valence-electron chi connectivity index (χ3n) is 4.81. The van der Waals surface area contributed by atoms with Crippen molar-refractivity contribution in [3.05, 3.63) is 24.3 Å². The molecular weight excluding hydrogens is 382 g/mol. The molecule has 2 N–H and O–H groups in total. The second-order valence-corrected chi connectivity index (χ2v) is 9.01. The highest BCUT2D eigenvalue weighted by molar-refractivity contribution is 7.89. The van der Waals surface area contributed by atoms with E-state index in [2.05, 4.69) is 10.0 Å². The molecule has 0 bridgehead atoms. The van der Waals surface area contributed by atoms with Crippen LogP contribution in [0.25, 0.3) is 0 Å². The molecule has 0 aromatic heterocycles. The van der Waals surface area contributed by atoms with Crippen molar-refractivity contribution in [2.45, 2.75) is 50.6 Å². The van der Waals surface area contributed by atoms with Crippen molar-refractivity contribution >= 4 is 27.6 Å². The molecule has 1 atom stereocenters. The summed E-state index contributed by atoms with van der Waals surface area (Å²) in [7, 11) is -2.17. The fraction of sp³-hybridized carbons (Fsp3) is 0.579. The SMILES string of the molecule is COC(=O)C1CCN([C@@H](C)C(=O)Nc2ccc(S(=O)(=O)NC(C)C)cc2)CC1. The van der Waals surface area contributed by atoms with Crippen molar-refractivity contribution in [1.29, 1.82) is 0 Å². The van der Waals surface area contributed by atoms with Crippen molar-refractivity contribution < 1.29 is 22.7 Å². The number of rotatable bonds is 7. The molecular formula is C19H29N3O5S. The second-order valence-electron chi connectivity index (χ2n) is 7.30. The third kappa shape index (κ3) is 5.76. The van der Waals surface area contributed by atoms with Gasteiger partial charge in [0.1, 0.15) is 0 Å². The molecule has 1 saturated heterocycles. The van der Waals surface area contributed by atoms with Crippen molar-refractivity contribution in [1.82, 2.24) is 9.62 Å². The fourth-order valence-corrected chi connectivity index (χ4v) is 4.45. The Hall–Kier alpha value is -1.97. The van der Waals surface area contributed by atoms with E-state index in [0.29, 0.717) is 31.6 Å². The lowest BCUT2D eigenvalue weighted by Gasteiger charge is -2.34. The third-order valence-corrected chi connectivity index (χ3v) is 6.49. The van der Waals surface area contributed by atoms with Crippen LogP contribution in [0.15, 0.2) is 29.2 Å². The Kier molecular flexibility index (Phi) is 7.56. The molecule has 156 valence electrons. The van der Waals surface area contributed by atoms with Gasteiger partial charge in [-0.25, -0.2) is 13.1 Å². The van der Waals surface area contributed by atoms with Gasteiger partial charge in [-0.15, -0.1) is 0 Å². The number of likely N-dealkylation sites (tertiary alicyclic amines) is 1. The first-order valence-corrected chi connectivity index (χ1v) is 10.9. The summed E-state index contributed by atoms with van der Waals surface area (Å²) in [5, 5.41) is 2.82. The van der Waals surface area contributed by atoms with E-state index in [0.717, 1.165) is 0 Å². The van der Waals surface area contributed by atoms with Gasteiger partial charge in [-0.2, -0.15) is 0 Å². The highest BCUT2D eigenvalue weighted by Crippen LogP contribution is 2.21. The first kappa shape index (κ1) is 22.3. The minimum absolute atomic E-state index is 0.106. The number of hydrogen-bond donors (Lipinski definition) is 2. The lowest BCUT2D eigenvalue weighted by Crippen LogP contribution is -2.47. The smallest absolute Gasteiger partial charge is 0.308 e. The van der Waals surface area contributed by atoms with Gasteiger partial charge in [0.15, 0.2) is 0 Å². The Labute approximate surface area is 166 Å². The zero-order valence-electron chi connectivity index (χ0n) is 16.8. The number of piperidine rings is 1. The summed E-state index contributed by atoms with van der Waals surface area (Å²) in [6, 6.07) is 5.52. The van der Waals surface area contributed by atoms with E-state index < -0.39 is 10.0 Å². The number of nitrogens with one attached hydrogen (secondary N) is 2. The molecule has 1 amide bonds. The van der Waals surface area contributed by atoms with Gasteiger partial charge in [0.2, 0.25) is 15.9 Å². The molecule has 1 heterocycles. The molecule has 1 aromatic carbocycles. The fourth-order valence-electron chi connectivity index (χ4n) is 3.20. The minimum atomic E-state index is -3.56. The normalized spacial score (nSPS) is 17.3. The molecule has 0 aliphatic carbocycles. The lowest BCUT2D eigenvalue weighted by atomic mass is 9.96. The summed E-state index contributed by atoms with van der Waals surface area (Å²) >= 11 is 0. The van der Waals surface area contributed by atoms with Gasteiger partial charge in [0.25, 0.3) is 0 Å². The van der Waals surface area contributed by atoms with Gasteiger partial charge in [0, 0.05) is 11.7 Å². The van der Waals surface area contributed by atoms with Crippen LogP contribution in [0, 0.1) is 5.92 Å². The molecule has 28 heavy (non-hydrogen) atoms. The number of carbonyl (C=O) groups is 2. The Bertz CT molecular complexity index is 784. The van der Waals surface area contributed by atoms with Crippen LogP contribution in [0.3, 0.4) is 0 Å². The number of anilines is 1. The number of amides is 1. The van der Waals surface area contributed by atoms with Crippen LogP contribution in [-0.2, 0) is 24.3 Å². The van der Waals surface area contributed by atoms with E-state index in [9.17, 15) is 18.0 Å². The van der Waals surface area contributed by atoms with Crippen molar-refractivity contribution in [2.75, 3.05) is 25.5 Å². The summed E-state index contributed by atoms with van der Waals surface area (Å²) in [6.07, 6.45) is 1.33. The van der Waals surface area contributed by atoms with Crippen molar-refractivity contribution in [3.8, 4) is 0 Å². The molecule has 0 spiro atoms. The number of ether oxygens (including phenoxy) is 1. The predicted molar refractivity (Wildman–Crippen MR) is 106 cm³/mol. The van der Waals surface area contributed by atoms with Crippen LogP contribution in [0.4, 0.5) is 5.69 Å². The van der Waals surface area contributed by atoms with Gasteiger partial charge in [-0.1, -0.05) is 0 Å². The minimum Gasteiger partial charge on any atom is -0.469 e. The summed E-state index contributed by atoms with van der Waals surface area (Å²) in [5.41, 5.74) is 0.532. The van der Waals surface area contributed by atoms with Gasteiger partial charge in [-0.05, 0) is 71.0 Å². The highest BCUT2D eigenvalue weighted by atomic mass is 32.2. The first-order valence-electron chi connectivity index (χ1n) is 9.39. The summed E-state index contributed by atoms with van der Waals surface area (Å²) in [6.45, 7) is 6.61. The average Bonchev–Trinajstić information content (AvgIpc) is 2.66. The van der Waals surface area contributed by atoms with E-state index in [1.165, 1.54) is 19.2 Å². The number of sulfonamides is 1. The van der Waals surface area contributed by atoms with Gasteiger partial charge < -0.3 is 10.1 Å². The molecule has 0 saturated carbocycles. The van der Waals surface area contributed by atoms with E-state index in [4.69, 9.17) is 4.74 Å². The topological polar surface area (TPSA) is 105 Å². The highest BCUT2D eigenvalue weighted by Gasteiger charge is 2.30. The van der Waals surface area contributed by atoms with Gasteiger partial charge in [0.05, 0.1) is 24.0 Å². The van der Waals surface area contributed by atoms with Gasteiger partial charge >= 0.3 is 5.97 Å². The van der Waals surface area contributed by atoms with E-state index in [1.54, 1.807) is 26.0 Å². The summed E-state index contributed by atoms with van der Waals surface area (Å²) in [5.74, 6) is -0.475. The van der Waals surface area contributed by atoms with Crippen molar-refractivity contribution in [2.24, 2.45) is 5.92 Å². The van der Waals surface area contributed by atoms with Crippen LogP contribution in [0.2, 0.25) is 0 Å². The van der Waals surface area contributed by atoms with Crippen LogP contribution in [0.5, 0.6) is 0 Å². The standard InChI is InChI=1S/C19H29N3O5S/c1-13(2)21-28(25,26)17-7-5-16(6-8-17)20-18(23)14(3)22-11-9-15(10-12-22)19(24)27-4/h5-8,13-15,21H,9-12H2,1-4H3,(H,20,23)/t14-/m0/s1. The summed E-state index contributed by atoms with van der Waals surface area (Å²) < 4.78 is 31.6. The zero-order chi connectivity index (χ0) is 20.9. The molecule has 0 unspecified atom stereocenters. The molecule has 1 fully saturated rings. The van der Waals surface area contributed by atoms with E-state index in [-0.39, 0.29) is 34.8 Å². The van der Waals surface area contributed by atoms with E-state index in [1.807, 2.05) is 11.8 Å². The number of hydrogen-bond acceptors (Lipinski definition) is 6. The second kappa shape index (κ2) is 9.49. The quantitative estimate of drug-likeness (QED) is 0.660. The maximum Gasteiger partial charge on any atom is 0.308 e. The van der Waals surface area contributed by atoms with Crippen molar-refractivity contribution in [3.63, 3.8) is 0 Å². The van der Waals surface area contributed by atoms with Crippen LogP contribution in [-0.4, -0.2) is 57.5 Å². The molecule has 8 nitrogen and oxygen atoms in total. The maximum absolute atomic E-state index is 12.5. The Morgan fingerprint density at radius 3 is 2.18 bits per heavy atom. The molecule has 2 rings (SSSR count). The number of carbonyl (C=O) groups excluding carboxylic acids is 2. The predicted octanol–water partition coefficient (Wildman–Crippen LogP) is 1.59. The van der Waals surface area contributed by atoms with Crippen LogP contribution < -0.4 is 10.0 Å². The molecule has 1 aliphatic heterocycles. The van der Waals surface area contributed by atoms with Crippen LogP contribution >= 0.6 is 0 Å². The lowest BCUT2D eigenvalue weighted by molar-refractivity contribution is -0.147. The first-order chi connectivity index (χ1) is 13.1. The number of benzene rings is 1. The summed E-state index contributed by atoms with van der Waals surface area (Å²) in [4.78, 5) is 26.3. The largest absolute Gasteiger partial charge is 0.469 e. The monoisotopic (exact) mass is 411 g/mol. The Balaban J connectivity index is 1.93. The van der Waals surface area contributed by atoms with Crippen LogP contribution in [0.1, 0.15) is 33.6 Å². The number of nitrogens with zero attached hydrogens (tertiary/aromatic N) is 1. The molecule has 9 heteroatoms. The number of methoxy groups -OCH3 is 1. The van der Waals surface area contributed by atoms with Gasteiger partial charge in [-0.3, -0.25) is 14.5 Å². The average molecular weight is 412 g/mol. The Morgan fingerprint density at radius 2 is 1.68 bits per heavy atom. The zero-order valence-corrected chi connectivity index (χ0v) is 17.6.